The van der Waals surface area contributed by atoms with E-state index < -0.39 is 5.41 Å². The van der Waals surface area contributed by atoms with Crippen LogP contribution in [-0.4, -0.2) is 9.13 Å². The van der Waals surface area contributed by atoms with Crippen molar-refractivity contribution < 1.29 is 4.39 Å². The zero-order valence-electron chi connectivity index (χ0n) is 44.1. The molecule has 0 spiro atoms. The predicted octanol–water partition coefficient (Wildman–Crippen LogP) is 20.3. The van der Waals surface area contributed by atoms with Gasteiger partial charge in [0, 0.05) is 49.7 Å². The summed E-state index contributed by atoms with van der Waals surface area (Å²) in [6.07, 6.45) is 0. The molecule has 0 atom stereocenters. The number of benzene rings is 13. The number of hydrogen-bond acceptors (Lipinski definition) is 1. The number of fused-ring (bicyclic) bond motifs is 11. The van der Waals surface area contributed by atoms with Gasteiger partial charge in [-0.15, -0.1) is 0 Å². The van der Waals surface area contributed by atoms with E-state index in [4.69, 9.17) is 0 Å². The van der Waals surface area contributed by atoms with E-state index in [-0.39, 0.29) is 5.82 Å². The van der Waals surface area contributed by atoms with Gasteiger partial charge in [-0.1, -0.05) is 218 Å². The Kier molecular flexibility index (Phi) is 10.7. The Hall–Kier alpha value is -10.6. The highest BCUT2D eigenvalue weighted by Gasteiger charge is 2.48. The Morgan fingerprint density at radius 1 is 0.296 bits per heavy atom. The number of para-hydroxylation sites is 2. The van der Waals surface area contributed by atoms with Crippen LogP contribution in [0.5, 0.6) is 0 Å². The number of anilines is 3. The zero-order valence-corrected chi connectivity index (χ0v) is 44.1. The first-order valence-electron chi connectivity index (χ1n) is 27.8. The van der Waals surface area contributed by atoms with Crippen LogP contribution in [0.3, 0.4) is 0 Å². The Morgan fingerprint density at radius 3 is 1.44 bits per heavy atom. The molecule has 1 aliphatic rings. The van der Waals surface area contributed by atoms with Gasteiger partial charge >= 0.3 is 0 Å². The maximum absolute atomic E-state index is 16.0. The predicted molar refractivity (Wildman–Crippen MR) is 335 cm³/mol. The van der Waals surface area contributed by atoms with Gasteiger partial charge in [0.25, 0.3) is 0 Å². The average Bonchev–Trinajstić information content (AvgIpc) is 2.58. The van der Waals surface area contributed by atoms with E-state index in [0.29, 0.717) is 0 Å². The normalized spacial score (nSPS) is 12.6. The van der Waals surface area contributed by atoms with Crippen LogP contribution in [0.4, 0.5) is 21.5 Å². The Balaban J connectivity index is 0.992. The quantitative estimate of drug-likeness (QED) is 0.140. The van der Waals surface area contributed by atoms with E-state index in [1.165, 1.54) is 44.7 Å². The van der Waals surface area contributed by atoms with Gasteiger partial charge in [0.15, 0.2) is 0 Å². The molecule has 0 saturated heterocycles. The van der Waals surface area contributed by atoms with Crippen LogP contribution in [0, 0.1) is 5.82 Å². The molecule has 380 valence electrons. The SMILES string of the molecule is Fc1cccc(N(c2ccc3c(c2)c2ccccc2n3-c2ccccc2)c2cc3c(c4ccccc24)-c2ccc(-n4c5cc(-c6ccccc6)ccc5c5ccc(-c6ccccc6)cc54)cc2C3(c2ccccc2)c2ccccc2)c1. The molecule has 2 aromatic heterocycles. The monoisotopic (exact) mass is 1040 g/mol. The molecule has 13 aromatic carbocycles. The third kappa shape index (κ3) is 7.20. The van der Waals surface area contributed by atoms with Gasteiger partial charge < -0.3 is 14.0 Å². The maximum Gasteiger partial charge on any atom is 0.125 e. The van der Waals surface area contributed by atoms with Crippen molar-refractivity contribution in [3.8, 4) is 44.8 Å². The minimum absolute atomic E-state index is 0.301. The van der Waals surface area contributed by atoms with Gasteiger partial charge in [0.05, 0.1) is 33.2 Å². The molecule has 0 saturated carbocycles. The first-order valence-corrected chi connectivity index (χ1v) is 27.8. The zero-order chi connectivity index (χ0) is 53.6. The minimum atomic E-state index is -0.814. The smallest absolute Gasteiger partial charge is 0.125 e. The molecule has 0 amide bonds. The molecule has 2 heterocycles. The third-order valence-electron chi connectivity index (χ3n) is 17.0. The lowest BCUT2D eigenvalue weighted by molar-refractivity contribution is 0.628. The van der Waals surface area contributed by atoms with Crippen molar-refractivity contribution in [1.82, 2.24) is 9.13 Å². The fourth-order valence-corrected chi connectivity index (χ4v) is 13.6. The van der Waals surface area contributed by atoms with Crippen molar-refractivity contribution >= 4 is 71.4 Å². The fraction of sp³-hybridized carbons (Fsp3) is 0.0130. The lowest BCUT2D eigenvalue weighted by Crippen LogP contribution is -2.29. The van der Waals surface area contributed by atoms with Crippen LogP contribution < -0.4 is 4.90 Å². The van der Waals surface area contributed by atoms with Crippen molar-refractivity contribution in [1.29, 1.82) is 0 Å². The maximum atomic E-state index is 16.0. The van der Waals surface area contributed by atoms with Crippen LogP contribution in [-0.2, 0) is 5.41 Å². The Bertz CT molecular complexity index is 4790. The molecule has 0 unspecified atom stereocenters. The van der Waals surface area contributed by atoms with Gasteiger partial charge in [-0.3, -0.25) is 0 Å². The molecule has 0 aliphatic heterocycles. The molecule has 0 fully saturated rings. The molecule has 4 heteroatoms. The van der Waals surface area contributed by atoms with Gasteiger partial charge in [-0.25, -0.2) is 4.39 Å². The minimum Gasteiger partial charge on any atom is -0.310 e. The van der Waals surface area contributed by atoms with Crippen molar-refractivity contribution in [3.05, 3.63) is 331 Å². The first kappa shape index (κ1) is 46.5. The molecule has 1 aliphatic carbocycles. The molecule has 0 radical (unpaired) electrons. The molecular weight excluding hydrogens is 986 g/mol. The molecule has 16 rings (SSSR count). The van der Waals surface area contributed by atoms with Gasteiger partial charge in [0.2, 0.25) is 0 Å². The molecule has 81 heavy (non-hydrogen) atoms. The summed E-state index contributed by atoms with van der Waals surface area (Å²) < 4.78 is 20.9. The third-order valence-corrected chi connectivity index (χ3v) is 17.0. The highest BCUT2D eigenvalue weighted by Crippen LogP contribution is 2.60. The van der Waals surface area contributed by atoms with Crippen LogP contribution >= 0.6 is 0 Å². The van der Waals surface area contributed by atoms with E-state index >= 15 is 4.39 Å². The summed E-state index contributed by atoms with van der Waals surface area (Å²) in [5, 5.41) is 6.82. The summed E-state index contributed by atoms with van der Waals surface area (Å²) in [6, 6.07) is 109. The summed E-state index contributed by atoms with van der Waals surface area (Å²) in [6.45, 7) is 0. The summed E-state index contributed by atoms with van der Waals surface area (Å²) in [5.74, 6) is -0.301. The van der Waals surface area contributed by atoms with Gasteiger partial charge in [-0.2, -0.15) is 0 Å². The molecule has 0 bridgehead atoms. The number of rotatable bonds is 9. The number of halogens is 1. The summed E-state index contributed by atoms with van der Waals surface area (Å²) in [7, 11) is 0. The lowest BCUT2D eigenvalue weighted by Gasteiger charge is -2.35. The van der Waals surface area contributed by atoms with Crippen molar-refractivity contribution in [2.75, 3.05) is 4.90 Å². The second-order valence-corrected chi connectivity index (χ2v) is 21.3. The van der Waals surface area contributed by atoms with E-state index in [0.717, 1.165) is 99.9 Å². The standard InChI is InChI=1S/C77H50FN3/c78-57-29-20-32-59(47-57)79(60-40-44-72-68(48-60)63-34-18-19-36-71(63)80(72)58-30-14-5-15-31-58)75-50-70-76(66-35-17-16-33-62(66)75)67-43-39-61(49-69(67)77(70,55-25-10-3-11-26-55)56-27-12-4-13-28-56)81-73-45-53(51-21-6-1-7-22-51)37-41-64(73)65-42-38-54(46-74(65)81)52-23-8-2-9-24-52/h1-50H. The van der Waals surface area contributed by atoms with E-state index in [1.54, 1.807) is 6.07 Å². The van der Waals surface area contributed by atoms with Crippen LogP contribution in [0.2, 0.25) is 0 Å². The van der Waals surface area contributed by atoms with Crippen LogP contribution in [0.1, 0.15) is 22.3 Å². The lowest BCUT2D eigenvalue weighted by atomic mass is 9.67. The fourth-order valence-electron chi connectivity index (χ4n) is 13.6. The average molecular weight is 1040 g/mol. The Morgan fingerprint density at radius 2 is 0.815 bits per heavy atom. The summed E-state index contributed by atoms with van der Waals surface area (Å²) >= 11 is 0. The topological polar surface area (TPSA) is 13.1 Å². The van der Waals surface area contributed by atoms with Crippen LogP contribution in [0.15, 0.2) is 303 Å². The Labute approximate surface area is 468 Å². The second kappa shape index (κ2) is 18.5. The summed E-state index contributed by atoms with van der Waals surface area (Å²) in [5.41, 5.74) is 20.1. The number of aromatic nitrogens is 2. The van der Waals surface area contributed by atoms with E-state index in [1.807, 2.05) is 12.1 Å². The molecule has 15 aromatic rings. The van der Waals surface area contributed by atoms with Gasteiger partial charge in [-0.05, 0) is 146 Å². The van der Waals surface area contributed by atoms with Crippen molar-refractivity contribution in [2.24, 2.45) is 0 Å². The van der Waals surface area contributed by atoms with Crippen LogP contribution in [0.25, 0.3) is 99.1 Å². The van der Waals surface area contributed by atoms with E-state index in [2.05, 4.69) is 293 Å². The highest BCUT2D eigenvalue weighted by molar-refractivity contribution is 6.15. The highest BCUT2D eigenvalue weighted by atomic mass is 19.1. The van der Waals surface area contributed by atoms with Crippen molar-refractivity contribution in [2.45, 2.75) is 5.41 Å². The number of nitrogens with zero attached hydrogens (tertiary/aromatic N) is 3. The first-order chi connectivity index (χ1) is 40.1. The second-order valence-electron chi connectivity index (χ2n) is 21.3. The number of hydrogen-bond donors (Lipinski definition) is 0. The molecule has 0 N–H and O–H groups in total. The van der Waals surface area contributed by atoms with Gasteiger partial charge in [0.1, 0.15) is 5.82 Å². The summed E-state index contributed by atoms with van der Waals surface area (Å²) in [4.78, 5) is 2.28. The van der Waals surface area contributed by atoms with Crippen molar-refractivity contribution in [3.63, 3.8) is 0 Å². The molecule has 3 nitrogen and oxygen atoms in total. The molecular formula is C77H50FN3. The largest absolute Gasteiger partial charge is 0.310 e. The van der Waals surface area contributed by atoms with E-state index in [9.17, 15) is 0 Å².